The zero-order valence-electron chi connectivity index (χ0n) is 13.9. The van der Waals surface area contributed by atoms with Gasteiger partial charge in [-0.05, 0) is 37.1 Å². The fourth-order valence-electron chi connectivity index (χ4n) is 3.23. The van der Waals surface area contributed by atoms with Crippen molar-refractivity contribution in [3.05, 3.63) is 66.5 Å². The molecule has 1 amide bonds. The highest BCUT2D eigenvalue weighted by atomic mass is 32.2. The fourth-order valence-corrected chi connectivity index (χ4v) is 4.02. The number of carbonyl (C=O) groups is 1. The molecule has 0 saturated carbocycles. The lowest BCUT2D eigenvalue weighted by molar-refractivity contribution is -0.116. The Morgan fingerprint density at radius 1 is 1.16 bits per heavy atom. The first kappa shape index (κ1) is 15.9. The summed E-state index contributed by atoms with van der Waals surface area (Å²) in [5.74, 6) is 0.439. The molecule has 0 spiro atoms. The molecule has 3 aromatic rings. The molecule has 126 valence electrons. The summed E-state index contributed by atoms with van der Waals surface area (Å²) >= 11 is 1.42. The average molecular weight is 350 g/mol. The van der Waals surface area contributed by atoms with Gasteiger partial charge in [0.05, 0.1) is 5.75 Å². The van der Waals surface area contributed by atoms with Gasteiger partial charge in [0, 0.05) is 17.4 Å². The molecule has 0 radical (unpaired) electrons. The van der Waals surface area contributed by atoms with E-state index in [-0.39, 0.29) is 11.9 Å². The van der Waals surface area contributed by atoms with Crippen LogP contribution in [0.2, 0.25) is 0 Å². The first-order valence-corrected chi connectivity index (χ1v) is 9.21. The molecule has 1 aliphatic rings. The van der Waals surface area contributed by atoms with Crippen LogP contribution in [-0.2, 0) is 11.2 Å². The average Bonchev–Trinajstić information content (AvgIpc) is 3.23. The third kappa shape index (κ3) is 3.05. The highest BCUT2D eigenvalue weighted by Crippen LogP contribution is 2.32. The maximum absolute atomic E-state index is 12.8. The lowest BCUT2D eigenvalue weighted by atomic mass is 10.1. The molecule has 1 aliphatic heterocycles. The third-order valence-corrected chi connectivity index (χ3v) is 5.28. The topological polar surface area (TPSA) is 51.0 Å². The van der Waals surface area contributed by atoms with Crippen molar-refractivity contribution in [1.82, 2.24) is 14.8 Å². The second kappa shape index (κ2) is 6.72. The van der Waals surface area contributed by atoms with Crippen LogP contribution >= 0.6 is 11.8 Å². The Morgan fingerprint density at radius 3 is 2.76 bits per heavy atom. The number of hydrogen-bond acceptors (Lipinski definition) is 4. The van der Waals surface area contributed by atoms with Crippen molar-refractivity contribution in [2.45, 2.75) is 24.5 Å². The second-order valence-electron chi connectivity index (χ2n) is 6.05. The lowest BCUT2D eigenvalue weighted by Gasteiger charge is -2.22. The molecule has 4 rings (SSSR count). The van der Waals surface area contributed by atoms with Crippen LogP contribution in [0.5, 0.6) is 0 Å². The first-order chi connectivity index (χ1) is 12.2. The second-order valence-corrected chi connectivity index (χ2v) is 7.00. The van der Waals surface area contributed by atoms with E-state index >= 15 is 0 Å². The number of carbonyl (C=O) groups excluding carboxylic acids is 1. The van der Waals surface area contributed by atoms with Crippen LogP contribution in [0.4, 0.5) is 5.69 Å². The van der Waals surface area contributed by atoms with E-state index in [1.54, 1.807) is 6.33 Å². The summed E-state index contributed by atoms with van der Waals surface area (Å²) in [4.78, 5) is 14.7. The Bertz CT molecular complexity index is 893. The monoisotopic (exact) mass is 350 g/mol. The lowest BCUT2D eigenvalue weighted by Crippen LogP contribution is -2.37. The number of para-hydroxylation sites is 2. The summed E-state index contributed by atoms with van der Waals surface area (Å²) in [5.41, 5.74) is 3.26. The number of benzene rings is 2. The molecule has 25 heavy (non-hydrogen) atoms. The molecule has 0 fully saturated rings. The molecular weight excluding hydrogens is 332 g/mol. The number of rotatable bonds is 4. The van der Waals surface area contributed by atoms with Gasteiger partial charge in [-0.3, -0.25) is 9.36 Å². The molecule has 1 atom stereocenters. The zero-order chi connectivity index (χ0) is 17.2. The molecule has 6 heteroatoms. The molecule has 0 saturated heterocycles. The standard InChI is InChI=1S/C19H18N4OS/c1-14-11-15-7-5-6-10-17(15)23(14)18(24)12-25-19-21-20-13-22(19)16-8-3-2-4-9-16/h2-10,13-14H,11-12H2,1H3/t14-/m0/s1. The number of hydrogen-bond donors (Lipinski definition) is 0. The normalized spacial score (nSPS) is 16.0. The van der Waals surface area contributed by atoms with Gasteiger partial charge in [-0.25, -0.2) is 0 Å². The SMILES string of the molecule is C[C@H]1Cc2ccccc2N1C(=O)CSc1nncn1-c1ccccc1. The number of thioether (sulfide) groups is 1. The number of anilines is 1. The van der Waals surface area contributed by atoms with Crippen molar-refractivity contribution in [3.8, 4) is 5.69 Å². The maximum atomic E-state index is 12.8. The van der Waals surface area contributed by atoms with E-state index in [0.717, 1.165) is 23.0 Å². The van der Waals surface area contributed by atoms with Crippen molar-refractivity contribution in [1.29, 1.82) is 0 Å². The first-order valence-electron chi connectivity index (χ1n) is 8.22. The summed E-state index contributed by atoms with van der Waals surface area (Å²) in [6, 6.07) is 18.2. The van der Waals surface area contributed by atoms with Crippen molar-refractivity contribution >= 4 is 23.4 Å². The van der Waals surface area contributed by atoms with Crippen LogP contribution < -0.4 is 4.90 Å². The zero-order valence-corrected chi connectivity index (χ0v) is 14.7. The molecule has 5 nitrogen and oxygen atoms in total. The van der Waals surface area contributed by atoms with Crippen LogP contribution in [0.1, 0.15) is 12.5 Å². The maximum Gasteiger partial charge on any atom is 0.237 e. The van der Waals surface area contributed by atoms with Crippen molar-refractivity contribution < 1.29 is 4.79 Å². The van der Waals surface area contributed by atoms with E-state index in [1.165, 1.54) is 17.3 Å². The van der Waals surface area contributed by atoms with Crippen LogP contribution in [-0.4, -0.2) is 32.5 Å². The molecular formula is C19H18N4OS. The number of fused-ring (bicyclic) bond motifs is 1. The Labute approximate surface area is 150 Å². The van der Waals surface area contributed by atoms with Crippen molar-refractivity contribution in [2.24, 2.45) is 0 Å². The highest BCUT2D eigenvalue weighted by molar-refractivity contribution is 7.99. The molecule has 2 heterocycles. The summed E-state index contributed by atoms with van der Waals surface area (Å²) < 4.78 is 1.90. The van der Waals surface area contributed by atoms with Gasteiger partial charge in [0.1, 0.15) is 6.33 Å². The smallest absolute Gasteiger partial charge is 0.237 e. The Balaban J connectivity index is 1.50. The predicted octanol–water partition coefficient (Wildman–Crippen LogP) is 3.34. The van der Waals surface area contributed by atoms with Crippen LogP contribution in [0.25, 0.3) is 5.69 Å². The van der Waals surface area contributed by atoms with Gasteiger partial charge >= 0.3 is 0 Å². The Kier molecular flexibility index (Phi) is 4.28. The summed E-state index contributed by atoms with van der Waals surface area (Å²) in [6.45, 7) is 2.09. The predicted molar refractivity (Wildman–Crippen MR) is 99.2 cm³/mol. The molecule has 0 aliphatic carbocycles. The molecule has 1 aromatic heterocycles. The summed E-state index contributed by atoms with van der Waals surface area (Å²) in [5, 5.41) is 8.87. The van der Waals surface area contributed by atoms with E-state index in [4.69, 9.17) is 0 Å². The van der Waals surface area contributed by atoms with Gasteiger partial charge in [-0.15, -0.1) is 10.2 Å². The van der Waals surface area contributed by atoms with Gasteiger partial charge in [-0.1, -0.05) is 48.2 Å². The summed E-state index contributed by atoms with van der Waals surface area (Å²) in [7, 11) is 0. The fraction of sp³-hybridized carbons (Fsp3) is 0.211. The summed E-state index contributed by atoms with van der Waals surface area (Å²) in [6.07, 6.45) is 2.59. The number of nitrogens with zero attached hydrogens (tertiary/aromatic N) is 4. The van der Waals surface area contributed by atoms with E-state index in [2.05, 4.69) is 23.2 Å². The minimum Gasteiger partial charge on any atom is -0.308 e. The van der Waals surface area contributed by atoms with E-state index in [9.17, 15) is 4.79 Å². The minimum absolute atomic E-state index is 0.102. The van der Waals surface area contributed by atoms with Gasteiger partial charge in [0.15, 0.2) is 5.16 Å². The molecule has 0 unspecified atom stereocenters. The van der Waals surface area contributed by atoms with Crippen molar-refractivity contribution in [2.75, 3.05) is 10.7 Å². The highest BCUT2D eigenvalue weighted by Gasteiger charge is 2.30. The molecule has 2 aromatic carbocycles. The van der Waals surface area contributed by atoms with E-state index < -0.39 is 0 Å². The van der Waals surface area contributed by atoms with Gasteiger partial charge in [-0.2, -0.15) is 0 Å². The van der Waals surface area contributed by atoms with Crippen LogP contribution in [0, 0.1) is 0 Å². The number of amides is 1. The van der Waals surface area contributed by atoms with Crippen LogP contribution in [0.3, 0.4) is 0 Å². The van der Waals surface area contributed by atoms with Crippen molar-refractivity contribution in [3.63, 3.8) is 0 Å². The number of aromatic nitrogens is 3. The van der Waals surface area contributed by atoms with Gasteiger partial charge in [0.25, 0.3) is 0 Å². The van der Waals surface area contributed by atoms with Gasteiger partial charge < -0.3 is 4.90 Å². The van der Waals surface area contributed by atoms with E-state index in [0.29, 0.717) is 5.75 Å². The van der Waals surface area contributed by atoms with E-state index in [1.807, 2.05) is 58.0 Å². The largest absolute Gasteiger partial charge is 0.308 e. The van der Waals surface area contributed by atoms with Crippen LogP contribution in [0.15, 0.2) is 66.1 Å². The Morgan fingerprint density at radius 2 is 1.92 bits per heavy atom. The minimum atomic E-state index is 0.102. The quantitative estimate of drug-likeness (QED) is 0.677. The molecule has 0 bridgehead atoms. The van der Waals surface area contributed by atoms with Gasteiger partial charge in [0.2, 0.25) is 5.91 Å². The Hall–Kier alpha value is -2.60. The third-order valence-electron chi connectivity index (χ3n) is 4.35. The molecule has 0 N–H and O–H groups in total.